The standard InChI is InChI=1S/C15H15N3O5/c1-16-8-13(20)18(15(16)23)11-4-2-3-10(6-11)17-7-9(14(21)22)5-12(17)19/h2-4,6,9H,5,7-8H2,1H3,(H,21,22). The second-order valence-electron chi connectivity index (χ2n) is 5.63. The van der Waals surface area contributed by atoms with Crippen LogP contribution >= 0.6 is 0 Å². The first-order valence-corrected chi connectivity index (χ1v) is 7.10. The van der Waals surface area contributed by atoms with E-state index in [-0.39, 0.29) is 31.3 Å². The fraction of sp³-hybridized carbons (Fsp3) is 0.333. The number of benzene rings is 1. The summed E-state index contributed by atoms with van der Waals surface area (Å²) in [6.07, 6.45) is -0.0517. The predicted octanol–water partition coefficient (Wildman–Crippen LogP) is 0.522. The van der Waals surface area contributed by atoms with E-state index in [0.717, 1.165) is 4.90 Å². The van der Waals surface area contributed by atoms with E-state index in [2.05, 4.69) is 0 Å². The zero-order valence-corrected chi connectivity index (χ0v) is 12.4. The van der Waals surface area contributed by atoms with Gasteiger partial charge in [0.2, 0.25) is 5.91 Å². The summed E-state index contributed by atoms with van der Waals surface area (Å²) in [5, 5.41) is 9.04. The van der Waals surface area contributed by atoms with Crippen LogP contribution in [-0.4, -0.2) is 54.0 Å². The number of carbonyl (C=O) groups is 4. The molecule has 1 aromatic carbocycles. The van der Waals surface area contributed by atoms with Gasteiger partial charge in [0.25, 0.3) is 5.91 Å². The Bertz CT molecular complexity index is 717. The van der Waals surface area contributed by atoms with Crippen molar-refractivity contribution in [3.63, 3.8) is 0 Å². The van der Waals surface area contributed by atoms with Gasteiger partial charge in [-0.1, -0.05) is 6.07 Å². The molecule has 23 heavy (non-hydrogen) atoms. The molecular formula is C15H15N3O5. The van der Waals surface area contributed by atoms with Crippen LogP contribution in [0.15, 0.2) is 24.3 Å². The summed E-state index contributed by atoms with van der Waals surface area (Å²) in [6.45, 7) is 0.0895. The van der Waals surface area contributed by atoms with Crippen LogP contribution in [0, 0.1) is 5.92 Å². The number of hydrogen-bond donors (Lipinski definition) is 1. The zero-order chi connectivity index (χ0) is 16.7. The maximum Gasteiger partial charge on any atom is 0.331 e. The molecule has 2 aliphatic heterocycles. The molecule has 2 saturated heterocycles. The molecule has 8 nitrogen and oxygen atoms in total. The fourth-order valence-corrected chi connectivity index (χ4v) is 2.80. The Morgan fingerprint density at radius 2 is 1.87 bits per heavy atom. The van der Waals surface area contributed by atoms with Crippen LogP contribution < -0.4 is 9.80 Å². The van der Waals surface area contributed by atoms with Crippen molar-refractivity contribution >= 4 is 35.2 Å². The van der Waals surface area contributed by atoms with E-state index < -0.39 is 17.9 Å². The first kappa shape index (κ1) is 15.0. The van der Waals surface area contributed by atoms with Gasteiger partial charge in [0.05, 0.1) is 11.6 Å². The molecule has 0 aromatic heterocycles. The van der Waals surface area contributed by atoms with Crippen LogP contribution in [0.2, 0.25) is 0 Å². The van der Waals surface area contributed by atoms with Gasteiger partial charge in [-0.3, -0.25) is 14.4 Å². The highest BCUT2D eigenvalue weighted by Gasteiger charge is 2.37. The third kappa shape index (κ3) is 2.52. The van der Waals surface area contributed by atoms with Crippen molar-refractivity contribution in [2.75, 3.05) is 29.9 Å². The van der Waals surface area contributed by atoms with Gasteiger partial charge in [0.1, 0.15) is 6.54 Å². The molecule has 0 bridgehead atoms. The molecule has 1 unspecified atom stereocenters. The van der Waals surface area contributed by atoms with Crippen molar-refractivity contribution in [2.24, 2.45) is 5.92 Å². The number of anilines is 2. The zero-order valence-electron chi connectivity index (χ0n) is 12.4. The van der Waals surface area contributed by atoms with Gasteiger partial charge < -0.3 is 14.9 Å². The predicted molar refractivity (Wildman–Crippen MR) is 80.0 cm³/mol. The van der Waals surface area contributed by atoms with Gasteiger partial charge in [-0.05, 0) is 18.2 Å². The average Bonchev–Trinajstić information content (AvgIpc) is 3.00. The minimum Gasteiger partial charge on any atom is -0.481 e. The number of likely N-dealkylation sites (N-methyl/N-ethyl adjacent to an activating group) is 1. The molecule has 120 valence electrons. The van der Waals surface area contributed by atoms with Crippen LogP contribution in [0.25, 0.3) is 0 Å². The molecule has 1 aromatic rings. The van der Waals surface area contributed by atoms with Crippen LogP contribution in [-0.2, 0) is 14.4 Å². The number of carboxylic acid groups (broad SMARTS) is 1. The SMILES string of the molecule is CN1CC(=O)N(c2cccc(N3CC(C(=O)O)CC3=O)c2)C1=O. The van der Waals surface area contributed by atoms with Crippen molar-refractivity contribution < 1.29 is 24.3 Å². The minimum atomic E-state index is -1.01. The van der Waals surface area contributed by atoms with E-state index in [9.17, 15) is 19.2 Å². The summed E-state index contributed by atoms with van der Waals surface area (Å²) in [5.41, 5.74) is 0.847. The quantitative estimate of drug-likeness (QED) is 0.820. The molecule has 0 radical (unpaired) electrons. The number of hydrogen-bond acceptors (Lipinski definition) is 4. The molecule has 8 heteroatoms. The van der Waals surface area contributed by atoms with E-state index in [4.69, 9.17) is 5.11 Å². The number of carbonyl (C=O) groups excluding carboxylic acids is 3. The molecule has 3 rings (SSSR count). The molecule has 0 saturated carbocycles. The summed E-state index contributed by atoms with van der Waals surface area (Å²) in [4.78, 5) is 50.7. The fourth-order valence-electron chi connectivity index (χ4n) is 2.80. The smallest absolute Gasteiger partial charge is 0.331 e. The van der Waals surface area contributed by atoms with Gasteiger partial charge in [-0.25, -0.2) is 9.69 Å². The van der Waals surface area contributed by atoms with Crippen molar-refractivity contribution in [1.29, 1.82) is 0 Å². The van der Waals surface area contributed by atoms with Crippen LogP contribution in [0.5, 0.6) is 0 Å². The average molecular weight is 317 g/mol. The Balaban J connectivity index is 1.89. The highest BCUT2D eigenvalue weighted by atomic mass is 16.4. The lowest BCUT2D eigenvalue weighted by molar-refractivity contribution is -0.141. The number of aliphatic carboxylic acids is 1. The Morgan fingerprint density at radius 3 is 2.43 bits per heavy atom. The van der Waals surface area contributed by atoms with Crippen molar-refractivity contribution in [3.8, 4) is 0 Å². The van der Waals surface area contributed by atoms with Crippen LogP contribution in [0.1, 0.15) is 6.42 Å². The number of amides is 4. The Hall–Kier alpha value is -2.90. The number of carboxylic acids is 1. The molecule has 4 amide bonds. The van der Waals surface area contributed by atoms with E-state index in [1.807, 2.05) is 0 Å². The minimum absolute atomic E-state index is 0.00674. The second-order valence-corrected chi connectivity index (χ2v) is 5.63. The Labute approximate surface area is 131 Å². The molecule has 2 heterocycles. The number of nitrogens with zero attached hydrogens (tertiary/aromatic N) is 3. The van der Waals surface area contributed by atoms with Gasteiger partial charge >= 0.3 is 12.0 Å². The highest BCUT2D eigenvalue weighted by Crippen LogP contribution is 2.30. The summed E-state index contributed by atoms with van der Waals surface area (Å²) < 4.78 is 0. The van der Waals surface area contributed by atoms with Crippen molar-refractivity contribution in [2.45, 2.75) is 6.42 Å². The number of rotatable bonds is 3. The molecule has 0 aliphatic carbocycles. The summed E-state index contributed by atoms with van der Waals surface area (Å²) >= 11 is 0. The Morgan fingerprint density at radius 1 is 1.17 bits per heavy atom. The second kappa shape index (κ2) is 5.38. The molecule has 1 N–H and O–H groups in total. The van der Waals surface area contributed by atoms with Gasteiger partial charge in [-0.2, -0.15) is 0 Å². The maximum atomic E-state index is 12.0. The first-order chi connectivity index (χ1) is 10.9. The van der Waals surface area contributed by atoms with Gasteiger partial charge in [0, 0.05) is 25.7 Å². The van der Waals surface area contributed by atoms with E-state index in [0.29, 0.717) is 11.4 Å². The lowest BCUT2D eigenvalue weighted by atomic mass is 10.1. The lowest BCUT2D eigenvalue weighted by Gasteiger charge is -2.19. The van der Waals surface area contributed by atoms with Crippen LogP contribution in [0.4, 0.5) is 16.2 Å². The molecule has 0 spiro atoms. The van der Waals surface area contributed by atoms with Gasteiger partial charge in [0.15, 0.2) is 0 Å². The summed E-state index contributed by atoms with van der Waals surface area (Å²) in [5.74, 6) is -2.38. The molecule has 2 aliphatic rings. The molecule has 1 atom stereocenters. The largest absolute Gasteiger partial charge is 0.481 e. The lowest BCUT2D eigenvalue weighted by Crippen LogP contribution is -2.32. The first-order valence-electron chi connectivity index (χ1n) is 7.10. The maximum absolute atomic E-state index is 12.0. The summed E-state index contributed by atoms with van der Waals surface area (Å²) in [6, 6.07) is 6.01. The van der Waals surface area contributed by atoms with E-state index >= 15 is 0 Å². The molecule has 2 fully saturated rings. The molecular weight excluding hydrogens is 302 g/mol. The summed E-state index contributed by atoms with van der Waals surface area (Å²) in [7, 11) is 1.53. The third-order valence-corrected chi connectivity index (χ3v) is 4.01. The number of urea groups is 1. The van der Waals surface area contributed by atoms with E-state index in [1.54, 1.807) is 24.3 Å². The highest BCUT2D eigenvalue weighted by molar-refractivity contribution is 6.20. The van der Waals surface area contributed by atoms with Crippen molar-refractivity contribution in [3.05, 3.63) is 24.3 Å². The van der Waals surface area contributed by atoms with Crippen molar-refractivity contribution in [1.82, 2.24) is 4.90 Å². The topological polar surface area (TPSA) is 98.2 Å². The monoisotopic (exact) mass is 317 g/mol. The normalized spacial score (nSPS) is 21.5. The Kier molecular flexibility index (Phi) is 3.51. The van der Waals surface area contributed by atoms with Gasteiger partial charge in [-0.15, -0.1) is 0 Å². The third-order valence-electron chi connectivity index (χ3n) is 4.01. The van der Waals surface area contributed by atoms with Crippen LogP contribution in [0.3, 0.4) is 0 Å². The van der Waals surface area contributed by atoms with E-state index in [1.165, 1.54) is 16.8 Å². The number of imide groups is 1.